The SMILES string of the molecule is Cc1cc([N+](=O)[O-])ccc1OC(=O)N1CCOCC1. The largest absolute Gasteiger partial charge is 0.415 e. The van der Waals surface area contributed by atoms with Crippen molar-refractivity contribution in [3.05, 3.63) is 33.9 Å². The molecule has 0 atom stereocenters. The van der Waals surface area contributed by atoms with Crippen LogP contribution in [0, 0.1) is 17.0 Å². The van der Waals surface area contributed by atoms with Crippen LogP contribution >= 0.6 is 0 Å². The molecule has 1 aliphatic rings. The van der Waals surface area contributed by atoms with Crippen LogP contribution < -0.4 is 4.74 Å². The van der Waals surface area contributed by atoms with Gasteiger partial charge in [-0.25, -0.2) is 4.79 Å². The van der Waals surface area contributed by atoms with Crippen molar-refractivity contribution >= 4 is 11.8 Å². The molecule has 0 aliphatic carbocycles. The lowest BCUT2D eigenvalue weighted by Crippen LogP contribution is -2.42. The second-order valence-electron chi connectivity index (χ2n) is 4.17. The first-order valence-electron chi connectivity index (χ1n) is 5.87. The summed E-state index contributed by atoms with van der Waals surface area (Å²) in [5.41, 5.74) is 0.527. The number of carbonyl (C=O) groups excluding carboxylic acids is 1. The zero-order valence-electron chi connectivity index (χ0n) is 10.5. The number of hydrogen-bond acceptors (Lipinski definition) is 5. The first-order valence-corrected chi connectivity index (χ1v) is 5.87. The highest BCUT2D eigenvalue weighted by atomic mass is 16.6. The monoisotopic (exact) mass is 266 g/mol. The molecule has 1 fully saturated rings. The lowest BCUT2D eigenvalue weighted by molar-refractivity contribution is -0.384. The highest BCUT2D eigenvalue weighted by Crippen LogP contribution is 2.23. The number of carbonyl (C=O) groups is 1. The Morgan fingerprint density at radius 3 is 2.68 bits per heavy atom. The van der Waals surface area contributed by atoms with Gasteiger partial charge in [-0.15, -0.1) is 0 Å². The van der Waals surface area contributed by atoms with Crippen LogP contribution in [-0.4, -0.2) is 42.2 Å². The molecule has 1 amide bonds. The molecular formula is C12H14N2O5. The van der Waals surface area contributed by atoms with Crippen molar-refractivity contribution in [1.29, 1.82) is 0 Å². The van der Waals surface area contributed by atoms with Crippen molar-refractivity contribution in [2.75, 3.05) is 26.3 Å². The van der Waals surface area contributed by atoms with Gasteiger partial charge in [-0.2, -0.15) is 0 Å². The summed E-state index contributed by atoms with van der Waals surface area (Å²) in [7, 11) is 0. The number of nitro groups is 1. The molecule has 0 radical (unpaired) electrons. The van der Waals surface area contributed by atoms with Gasteiger partial charge in [0.1, 0.15) is 5.75 Å². The Hall–Kier alpha value is -2.15. The Bertz CT molecular complexity index is 497. The average molecular weight is 266 g/mol. The van der Waals surface area contributed by atoms with Crippen molar-refractivity contribution in [1.82, 2.24) is 4.90 Å². The van der Waals surface area contributed by atoms with Gasteiger partial charge in [0.05, 0.1) is 18.1 Å². The normalized spacial score (nSPS) is 15.1. The highest BCUT2D eigenvalue weighted by molar-refractivity contribution is 5.71. The predicted molar refractivity (Wildman–Crippen MR) is 66.2 cm³/mol. The molecular weight excluding hydrogens is 252 g/mol. The van der Waals surface area contributed by atoms with Crippen molar-refractivity contribution in [3.8, 4) is 5.75 Å². The fourth-order valence-corrected chi connectivity index (χ4v) is 1.77. The highest BCUT2D eigenvalue weighted by Gasteiger charge is 2.20. The fraction of sp³-hybridized carbons (Fsp3) is 0.417. The first kappa shape index (κ1) is 13.3. The van der Waals surface area contributed by atoms with Crippen molar-refractivity contribution in [2.45, 2.75) is 6.92 Å². The van der Waals surface area contributed by atoms with Gasteiger partial charge in [0.2, 0.25) is 0 Å². The van der Waals surface area contributed by atoms with Crippen LogP contribution in [-0.2, 0) is 4.74 Å². The molecule has 0 N–H and O–H groups in total. The van der Waals surface area contributed by atoms with E-state index in [4.69, 9.17) is 9.47 Å². The molecule has 0 bridgehead atoms. The third kappa shape index (κ3) is 3.19. The summed E-state index contributed by atoms with van der Waals surface area (Å²) in [6.07, 6.45) is -0.458. The molecule has 0 unspecified atom stereocenters. The molecule has 2 rings (SSSR count). The second kappa shape index (κ2) is 5.66. The number of aryl methyl sites for hydroxylation is 1. The molecule has 0 spiro atoms. The summed E-state index contributed by atoms with van der Waals surface area (Å²) in [6, 6.07) is 4.13. The van der Waals surface area contributed by atoms with E-state index in [1.807, 2.05) is 0 Å². The van der Waals surface area contributed by atoms with E-state index in [-0.39, 0.29) is 5.69 Å². The van der Waals surface area contributed by atoms with Crippen LogP contribution in [0.1, 0.15) is 5.56 Å². The number of benzene rings is 1. The maximum absolute atomic E-state index is 11.9. The zero-order chi connectivity index (χ0) is 13.8. The van der Waals surface area contributed by atoms with Crippen molar-refractivity contribution in [2.24, 2.45) is 0 Å². The van der Waals surface area contributed by atoms with E-state index >= 15 is 0 Å². The summed E-state index contributed by atoms with van der Waals surface area (Å²) in [4.78, 5) is 23.5. The third-order valence-electron chi connectivity index (χ3n) is 2.84. The van der Waals surface area contributed by atoms with E-state index in [2.05, 4.69) is 0 Å². The molecule has 1 aromatic rings. The molecule has 1 saturated heterocycles. The molecule has 0 aromatic heterocycles. The minimum atomic E-state index is -0.486. The minimum absolute atomic E-state index is 0.0244. The topological polar surface area (TPSA) is 81.9 Å². The van der Waals surface area contributed by atoms with E-state index < -0.39 is 11.0 Å². The lowest BCUT2D eigenvalue weighted by atomic mass is 10.2. The van der Waals surface area contributed by atoms with Gasteiger partial charge in [0, 0.05) is 25.2 Å². The van der Waals surface area contributed by atoms with Gasteiger partial charge in [-0.3, -0.25) is 10.1 Å². The number of nitrogens with zero attached hydrogens (tertiary/aromatic N) is 2. The Kier molecular flexibility index (Phi) is 3.96. The number of amides is 1. The maximum Gasteiger partial charge on any atom is 0.415 e. The third-order valence-corrected chi connectivity index (χ3v) is 2.84. The summed E-state index contributed by atoms with van der Waals surface area (Å²) in [6.45, 7) is 3.63. The molecule has 7 nitrogen and oxygen atoms in total. The van der Waals surface area contributed by atoms with Gasteiger partial charge < -0.3 is 14.4 Å². The van der Waals surface area contributed by atoms with Gasteiger partial charge in [-0.1, -0.05) is 0 Å². The molecule has 1 heterocycles. The zero-order valence-corrected chi connectivity index (χ0v) is 10.5. The predicted octanol–water partition coefficient (Wildman–Crippen LogP) is 1.73. The van der Waals surface area contributed by atoms with Crippen LogP contribution in [0.15, 0.2) is 18.2 Å². The van der Waals surface area contributed by atoms with Crippen LogP contribution in [0.4, 0.5) is 10.5 Å². The molecule has 102 valence electrons. The number of morpholine rings is 1. The standard InChI is InChI=1S/C12H14N2O5/c1-9-8-10(14(16)17)2-3-11(9)19-12(15)13-4-6-18-7-5-13/h2-3,8H,4-7H2,1H3. The molecule has 0 saturated carbocycles. The number of hydrogen-bond donors (Lipinski definition) is 0. The van der Waals surface area contributed by atoms with E-state index in [0.717, 1.165) is 0 Å². The number of ether oxygens (including phenoxy) is 2. The van der Waals surface area contributed by atoms with Crippen LogP contribution in [0.2, 0.25) is 0 Å². The Morgan fingerprint density at radius 1 is 1.42 bits per heavy atom. The fourth-order valence-electron chi connectivity index (χ4n) is 1.77. The van der Waals surface area contributed by atoms with E-state index in [1.54, 1.807) is 11.8 Å². The summed E-state index contributed by atoms with van der Waals surface area (Å²) in [5.74, 6) is 0.335. The Balaban J connectivity index is 2.06. The van der Waals surface area contributed by atoms with E-state index in [1.165, 1.54) is 18.2 Å². The maximum atomic E-state index is 11.9. The van der Waals surface area contributed by atoms with Gasteiger partial charge >= 0.3 is 6.09 Å². The summed E-state index contributed by atoms with van der Waals surface area (Å²) in [5, 5.41) is 10.6. The summed E-state index contributed by atoms with van der Waals surface area (Å²) < 4.78 is 10.4. The van der Waals surface area contributed by atoms with Crippen molar-refractivity contribution < 1.29 is 19.2 Å². The Labute approximate surface area is 109 Å². The smallest absolute Gasteiger partial charge is 0.410 e. The quantitative estimate of drug-likeness (QED) is 0.601. The van der Waals surface area contributed by atoms with Crippen LogP contribution in [0.3, 0.4) is 0 Å². The van der Waals surface area contributed by atoms with Crippen LogP contribution in [0.5, 0.6) is 5.75 Å². The molecule has 1 aromatic carbocycles. The molecule has 19 heavy (non-hydrogen) atoms. The van der Waals surface area contributed by atoms with Gasteiger partial charge in [-0.05, 0) is 18.6 Å². The Morgan fingerprint density at radius 2 is 2.11 bits per heavy atom. The number of rotatable bonds is 2. The number of nitro benzene ring substituents is 1. The lowest BCUT2D eigenvalue weighted by Gasteiger charge is -2.26. The summed E-state index contributed by atoms with van der Waals surface area (Å²) >= 11 is 0. The van der Waals surface area contributed by atoms with Crippen LogP contribution in [0.25, 0.3) is 0 Å². The second-order valence-corrected chi connectivity index (χ2v) is 4.17. The van der Waals surface area contributed by atoms with Crippen molar-refractivity contribution in [3.63, 3.8) is 0 Å². The average Bonchev–Trinajstić information content (AvgIpc) is 2.41. The number of non-ortho nitro benzene ring substituents is 1. The molecule has 1 aliphatic heterocycles. The minimum Gasteiger partial charge on any atom is -0.410 e. The van der Waals surface area contributed by atoms with E-state index in [9.17, 15) is 14.9 Å². The van der Waals surface area contributed by atoms with E-state index in [0.29, 0.717) is 37.6 Å². The first-order chi connectivity index (χ1) is 9.08. The molecule has 7 heteroatoms. The van der Waals surface area contributed by atoms with Gasteiger partial charge in [0.15, 0.2) is 0 Å². The van der Waals surface area contributed by atoms with Gasteiger partial charge in [0.25, 0.3) is 5.69 Å².